The summed E-state index contributed by atoms with van der Waals surface area (Å²) in [5.41, 5.74) is 1.06. The molecule has 3 heterocycles. The van der Waals surface area contributed by atoms with Crippen LogP contribution in [0.2, 0.25) is 0 Å². The fraction of sp³-hybridized carbons (Fsp3) is 0.412. The maximum atomic E-state index is 12.5. The minimum absolute atomic E-state index is 0.0177. The van der Waals surface area contributed by atoms with Gasteiger partial charge in [-0.05, 0) is 42.0 Å². The first-order chi connectivity index (χ1) is 11.1. The molecule has 1 N–H and O–H groups in total. The van der Waals surface area contributed by atoms with E-state index in [2.05, 4.69) is 21.7 Å². The maximum Gasteiger partial charge on any atom is 0.318 e. The van der Waals surface area contributed by atoms with Gasteiger partial charge in [0.05, 0.1) is 6.04 Å². The van der Waals surface area contributed by atoms with E-state index >= 15 is 0 Å². The Balaban J connectivity index is 1.62. The van der Waals surface area contributed by atoms with Crippen LogP contribution in [0.25, 0.3) is 0 Å². The zero-order valence-corrected chi connectivity index (χ0v) is 14.3. The van der Waals surface area contributed by atoms with Gasteiger partial charge in [-0.15, -0.1) is 11.3 Å². The van der Waals surface area contributed by atoms with Crippen LogP contribution in [-0.2, 0) is 6.54 Å². The van der Waals surface area contributed by atoms with Crippen molar-refractivity contribution in [1.82, 2.24) is 15.2 Å². The third-order valence-corrected chi connectivity index (χ3v) is 5.07. The summed E-state index contributed by atoms with van der Waals surface area (Å²) < 4.78 is 0. The van der Waals surface area contributed by atoms with Crippen LogP contribution in [0.1, 0.15) is 29.3 Å². The molecule has 3 rings (SSSR count). The lowest BCUT2D eigenvalue weighted by molar-refractivity contribution is 0.193. The molecule has 0 radical (unpaired) electrons. The van der Waals surface area contributed by atoms with Crippen LogP contribution in [0, 0.1) is 0 Å². The molecule has 0 bridgehead atoms. The molecule has 1 fully saturated rings. The number of hydrogen-bond acceptors (Lipinski definition) is 4. The highest BCUT2D eigenvalue weighted by atomic mass is 32.1. The Kier molecular flexibility index (Phi) is 4.81. The van der Waals surface area contributed by atoms with Crippen molar-refractivity contribution in [2.75, 3.05) is 25.5 Å². The van der Waals surface area contributed by atoms with Gasteiger partial charge >= 0.3 is 6.03 Å². The minimum Gasteiger partial charge on any atom is -0.363 e. The monoisotopic (exact) mass is 330 g/mol. The number of carbonyl (C=O) groups is 1. The first-order valence-corrected chi connectivity index (χ1v) is 8.73. The molecule has 0 aliphatic carbocycles. The van der Waals surface area contributed by atoms with Crippen molar-refractivity contribution in [3.8, 4) is 0 Å². The number of likely N-dealkylation sites (tertiary alicyclic amines) is 1. The first-order valence-electron chi connectivity index (χ1n) is 7.85. The Morgan fingerprint density at radius 2 is 2.35 bits per heavy atom. The number of urea groups is 1. The van der Waals surface area contributed by atoms with Gasteiger partial charge in [-0.2, -0.15) is 0 Å². The van der Waals surface area contributed by atoms with Crippen molar-refractivity contribution in [1.29, 1.82) is 0 Å². The lowest BCUT2D eigenvalue weighted by Gasteiger charge is -2.24. The summed E-state index contributed by atoms with van der Waals surface area (Å²) in [6, 6.07) is 8.35. The summed E-state index contributed by atoms with van der Waals surface area (Å²) >= 11 is 1.73. The van der Waals surface area contributed by atoms with Crippen LogP contribution < -0.4 is 10.2 Å². The number of carbonyl (C=O) groups excluding carboxylic acids is 1. The summed E-state index contributed by atoms with van der Waals surface area (Å²) in [6.45, 7) is 1.35. The summed E-state index contributed by atoms with van der Waals surface area (Å²) in [4.78, 5) is 22.0. The van der Waals surface area contributed by atoms with E-state index in [1.807, 2.05) is 42.1 Å². The molecule has 1 aliphatic heterocycles. The van der Waals surface area contributed by atoms with E-state index in [1.165, 1.54) is 4.88 Å². The Morgan fingerprint density at radius 3 is 3.09 bits per heavy atom. The van der Waals surface area contributed by atoms with Crippen LogP contribution in [0.5, 0.6) is 0 Å². The average Bonchev–Trinajstić information content (AvgIpc) is 3.23. The van der Waals surface area contributed by atoms with Gasteiger partial charge in [0.15, 0.2) is 0 Å². The molecule has 1 aliphatic rings. The Bertz CT molecular complexity index is 656. The second-order valence-corrected chi connectivity index (χ2v) is 6.92. The quantitative estimate of drug-likeness (QED) is 0.936. The summed E-state index contributed by atoms with van der Waals surface area (Å²) in [6.07, 6.45) is 3.89. The second kappa shape index (κ2) is 7.00. The molecule has 122 valence electrons. The SMILES string of the molecule is CN(C)c1cc(CNC(=O)N2CCCC2c2cccs2)ccn1. The lowest BCUT2D eigenvalue weighted by Crippen LogP contribution is -2.38. The first kappa shape index (κ1) is 15.8. The molecule has 2 amide bonds. The number of anilines is 1. The molecular formula is C17H22N4OS. The van der Waals surface area contributed by atoms with Gasteiger partial charge in [0, 0.05) is 38.3 Å². The summed E-state index contributed by atoms with van der Waals surface area (Å²) in [5, 5.41) is 5.12. The van der Waals surface area contributed by atoms with Crippen molar-refractivity contribution in [2.24, 2.45) is 0 Å². The number of nitrogens with one attached hydrogen (secondary N) is 1. The van der Waals surface area contributed by atoms with E-state index in [9.17, 15) is 4.79 Å². The topological polar surface area (TPSA) is 48.5 Å². The predicted molar refractivity (Wildman–Crippen MR) is 93.8 cm³/mol. The zero-order chi connectivity index (χ0) is 16.2. The van der Waals surface area contributed by atoms with Crippen LogP contribution >= 0.6 is 11.3 Å². The highest BCUT2D eigenvalue weighted by Crippen LogP contribution is 2.34. The number of aromatic nitrogens is 1. The molecule has 0 spiro atoms. The van der Waals surface area contributed by atoms with Crippen molar-refractivity contribution >= 4 is 23.2 Å². The molecule has 2 aromatic heterocycles. The highest BCUT2D eigenvalue weighted by Gasteiger charge is 2.30. The van der Waals surface area contributed by atoms with Crippen molar-refractivity contribution < 1.29 is 4.79 Å². The highest BCUT2D eigenvalue weighted by molar-refractivity contribution is 7.10. The van der Waals surface area contributed by atoms with Gasteiger partial charge in [0.25, 0.3) is 0 Å². The number of pyridine rings is 1. The molecule has 2 aromatic rings. The third kappa shape index (κ3) is 3.64. The van der Waals surface area contributed by atoms with Gasteiger partial charge in [-0.25, -0.2) is 9.78 Å². The standard InChI is InChI=1S/C17H22N4OS/c1-20(2)16-11-13(7-8-18-16)12-19-17(22)21-9-3-5-14(21)15-6-4-10-23-15/h4,6-8,10-11,14H,3,5,9,12H2,1-2H3,(H,19,22). The molecule has 0 aromatic carbocycles. The largest absolute Gasteiger partial charge is 0.363 e. The number of thiophene rings is 1. The normalized spacial score (nSPS) is 17.3. The molecule has 6 heteroatoms. The molecule has 0 saturated carbocycles. The number of hydrogen-bond donors (Lipinski definition) is 1. The van der Waals surface area contributed by atoms with E-state index in [4.69, 9.17) is 0 Å². The van der Waals surface area contributed by atoms with E-state index in [-0.39, 0.29) is 12.1 Å². The van der Waals surface area contributed by atoms with Crippen LogP contribution in [0.3, 0.4) is 0 Å². The fourth-order valence-corrected chi connectivity index (χ4v) is 3.75. The number of rotatable bonds is 4. The number of amides is 2. The van der Waals surface area contributed by atoms with Crippen LogP contribution in [0.4, 0.5) is 10.6 Å². The molecule has 1 unspecified atom stereocenters. The van der Waals surface area contributed by atoms with E-state index in [0.717, 1.165) is 30.8 Å². The molecular weight excluding hydrogens is 308 g/mol. The van der Waals surface area contributed by atoms with E-state index in [1.54, 1.807) is 17.5 Å². The van der Waals surface area contributed by atoms with Gasteiger partial charge in [0.1, 0.15) is 5.82 Å². The summed E-state index contributed by atoms with van der Waals surface area (Å²) in [5.74, 6) is 0.898. The van der Waals surface area contributed by atoms with E-state index in [0.29, 0.717) is 6.54 Å². The van der Waals surface area contributed by atoms with Gasteiger partial charge in [0.2, 0.25) is 0 Å². The fourth-order valence-electron chi connectivity index (χ4n) is 2.88. The van der Waals surface area contributed by atoms with Crippen LogP contribution in [-0.4, -0.2) is 36.6 Å². The molecule has 5 nitrogen and oxygen atoms in total. The lowest BCUT2D eigenvalue weighted by atomic mass is 10.2. The van der Waals surface area contributed by atoms with Gasteiger partial charge in [-0.1, -0.05) is 6.07 Å². The Labute approximate surface area is 140 Å². The third-order valence-electron chi connectivity index (χ3n) is 4.10. The van der Waals surface area contributed by atoms with Crippen molar-refractivity contribution in [3.05, 3.63) is 46.3 Å². The van der Waals surface area contributed by atoms with Crippen LogP contribution in [0.15, 0.2) is 35.8 Å². The zero-order valence-electron chi connectivity index (χ0n) is 13.5. The van der Waals surface area contributed by atoms with Crippen molar-refractivity contribution in [2.45, 2.75) is 25.4 Å². The number of nitrogens with zero attached hydrogens (tertiary/aromatic N) is 3. The Morgan fingerprint density at radius 1 is 1.48 bits per heavy atom. The minimum atomic E-state index is 0.0177. The molecule has 1 saturated heterocycles. The summed E-state index contributed by atoms with van der Waals surface area (Å²) in [7, 11) is 3.92. The second-order valence-electron chi connectivity index (χ2n) is 5.94. The van der Waals surface area contributed by atoms with E-state index < -0.39 is 0 Å². The van der Waals surface area contributed by atoms with Gasteiger partial charge < -0.3 is 15.1 Å². The molecule has 23 heavy (non-hydrogen) atoms. The smallest absolute Gasteiger partial charge is 0.318 e. The predicted octanol–water partition coefficient (Wildman–Crippen LogP) is 3.26. The maximum absolute atomic E-state index is 12.5. The average molecular weight is 330 g/mol. The van der Waals surface area contributed by atoms with Crippen molar-refractivity contribution in [3.63, 3.8) is 0 Å². The van der Waals surface area contributed by atoms with Gasteiger partial charge in [-0.3, -0.25) is 0 Å². The molecule has 1 atom stereocenters. The Hall–Kier alpha value is -2.08.